The number of hydrogen-bond donors (Lipinski definition) is 1. The van der Waals surface area contributed by atoms with E-state index in [2.05, 4.69) is 10.4 Å². The number of rotatable bonds is 2. The van der Waals surface area contributed by atoms with Gasteiger partial charge in [-0.15, -0.1) is 0 Å². The van der Waals surface area contributed by atoms with Gasteiger partial charge in [0.05, 0.1) is 16.9 Å². The van der Waals surface area contributed by atoms with E-state index < -0.39 is 17.5 Å². The van der Waals surface area contributed by atoms with Crippen molar-refractivity contribution in [2.24, 2.45) is 7.05 Å². The van der Waals surface area contributed by atoms with Gasteiger partial charge in [-0.3, -0.25) is 9.48 Å². The molecule has 7 heteroatoms. The van der Waals surface area contributed by atoms with Gasteiger partial charge in [-0.2, -0.15) is 5.10 Å². The summed E-state index contributed by atoms with van der Waals surface area (Å²) in [4.78, 5) is 12.0. The molecule has 0 spiro atoms. The standard InChI is InChI=1S/C12H10ClF2N3O/c1-6-10(11(13)18(2)17-6)12(19)16-9-4-3-7(14)5-8(9)15/h3-5H,1-2H3,(H,16,19). The van der Waals surface area contributed by atoms with Crippen molar-refractivity contribution in [2.75, 3.05) is 5.32 Å². The number of nitrogens with zero attached hydrogens (tertiary/aromatic N) is 2. The van der Waals surface area contributed by atoms with Gasteiger partial charge in [0, 0.05) is 13.1 Å². The number of hydrogen-bond acceptors (Lipinski definition) is 2. The van der Waals surface area contributed by atoms with Gasteiger partial charge < -0.3 is 5.32 Å². The average molecular weight is 286 g/mol. The lowest BCUT2D eigenvalue weighted by Gasteiger charge is -2.06. The van der Waals surface area contributed by atoms with Crippen molar-refractivity contribution < 1.29 is 13.6 Å². The van der Waals surface area contributed by atoms with Crippen LogP contribution in [0.15, 0.2) is 18.2 Å². The zero-order valence-corrected chi connectivity index (χ0v) is 10.9. The normalized spacial score (nSPS) is 10.6. The number of carbonyl (C=O) groups is 1. The molecule has 0 aliphatic carbocycles. The maximum absolute atomic E-state index is 13.4. The van der Waals surface area contributed by atoms with Crippen LogP contribution in [-0.4, -0.2) is 15.7 Å². The minimum absolute atomic E-state index is 0.120. The van der Waals surface area contributed by atoms with Crippen LogP contribution >= 0.6 is 11.6 Å². The molecule has 0 fully saturated rings. The molecule has 4 nitrogen and oxygen atoms in total. The van der Waals surface area contributed by atoms with Crippen molar-refractivity contribution in [3.63, 3.8) is 0 Å². The number of benzene rings is 1. The van der Waals surface area contributed by atoms with Crippen LogP contribution < -0.4 is 5.32 Å². The van der Waals surface area contributed by atoms with E-state index in [0.717, 1.165) is 12.1 Å². The predicted octanol–water partition coefficient (Wildman–Crippen LogP) is 2.91. The van der Waals surface area contributed by atoms with Gasteiger partial charge >= 0.3 is 0 Å². The Morgan fingerprint density at radius 1 is 1.42 bits per heavy atom. The molecule has 1 heterocycles. The van der Waals surface area contributed by atoms with Crippen molar-refractivity contribution in [1.82, 2.24) is 9.78 Å². The fraction of sp³-hybridized carbons (Fsp3) is 0.167. The highest BCUT2D eigenvalue weighted by molar-refractivity contribution is 6.33. The first-order valence-corrected chi connectivity index (χ1v) is 5.73. The number of amides is 1. The predicted molar refractivity (Wildman–Crippen MR) is 67.3 cm³/mol. The maximum Gasteiger partial charge on any atom is 0.260 e. The van der Waals surface area contributed by atoms with E-state index in [4.69, 9.17) is 11.6 Å². The van der Waals surface area contributed by atoms with Crippen LogP contribution in [0.5, 0.6) is 0 Å². The molecule has 0 aliphatic rings. The van der Waals surface area contributed by atoms with Gasteiger partial charge in [-0.05, 0) is 19.1 Å². The quantitative estimate of drug-likeness (QED) is 0.922. The summed E-state index contributed by atoms with van der Waals surface area (Å²) in [6.45, 7) is 1.61. The Morgan fingerprint density at radius 2 is 2.11 bits per heavy atom. The minimum atomic E-state index is -0.856. The second-order valence-corrected chi connectivity index (χ2v) is 4.31. The fourth-order valence-corrected chi connectivity index (χ4v) is 1.92. The van der Waals surface area contributed by atoms with Crippen LogP contribution in [0.4, 0.5) is 14.5 Å². The molecule has 1 aromatic heterocycles. The zero-order valence-electron chi connectivity index (χ0n) is 10.2. The Balaban J connectivity index is 2.31. The zero-order chi connectivity index (χ0) is 14.2. The van der Waals surface area contributed by atoms with Crippen molar-refractivity contribution in [1.29, 1.82) is 0 Å². The van der Waals surface area contributed by atoms with E-state index in [1.165, 1.54) is 4.68 Å². The average Bonchev–Trinajstić information content (AvgIpc) is 2.57. The Morgan fingerprint density at radius 3 is 2.63 bits per heavy atom. The molecule has 0 atom stereocenters. The van der Waals surface area contributed by atoms with Gasteiger partial charge in [0.25, 0.3) is 5.91 Å². The molecule has 0 bridgehead atoms. The highest BCUT2D eigenvalue weighted by Gasteiger charge is 2.20. The van der Waals surface area contributed by atoms with Crippen LogP contribution in [-0.2, 0) is 7.05 Å². The molecule has 0 unspecified atom stereocenters. The molecule has 19 heavy (non-hydrogen) atoms. The number of aromatic nitrogens is 2. The number of anilines is 1. The summed E-state index contributed by atoms with van der Waals surface area (Å²) in [6.07, 6.45) is 0. The van der Waals surface area contributed by atoms with Gasteiger partial charge in [0.2, 0.25) is 0 Å². The number of aryl methyl sites for hydroxylation is 2. The first-order chi connectivity index (χ1) is 8.90. The highest BCUT2D eigenvalue weighted by atomic mass is 35.5. The first-order valence-electron chi connectivity index (χ1n) is 5.35. The van der Waals surface area contributed by atoms with Crippen molar-refractivity contribution in [3.8, 4) is 0 Å². The molecule has 0 saturated carbocycles. The molecule has 0 saturated heterocycles. The van der Waals surface area contributed by atoms with Gasteiger partial charge in [-0.25, -0.2) is 8.78 Å². The minimum Gasteiger partial charge on any atom is -0.319 e. The molecule has 1 aromatic carbocycles. The summed E-state index contributed by atoms with van der Waals surface area (Å²) in [7, 11) is 1.59. The summed E-state index contributed by atoms with van der Waals surface area (Å²) in [5, 5.41) is 6.46. The maximum atomic E-state index is 13.4. The first kappa shape index (κ1) is 13.5. The van der Waals surface area contributed by atoms with Gasteiger partial charge in [0.1, 0.15) is 16.8 Å². The molecule has 100 valence electrons. The van der Waals surface area contributed by atoms with E-state index in [1.54, 1.807) is 14.0 Å². The third-order valence-electron chi connectivity index (χ3n) is 2.56. The van der Waals surface area contributed by atoms with E-state index in [0.29, 0.717) is 11.8 Å². The lowest BCUT2D eigenvalue weighted by atomic mass is 10.2. The molecule has 1 N–H and O–H groups in total. The molecular formula is C12H10ClF2N3O. The number of carbonyl (C=O) groups excluding carboxylic acids is 1. The largest absolute Gasteiger partial charge is 0.319 e. The highest BCUT2D eigenvalue weighted by Crippen LogP contribution is 2.21. The molecule has 1 amide bonds. The van der Waals surface area contributed by atoms with Crippen LogP contribution in [0.25, 0.3) is 0 Å². The lowest BCUT2D eigenvalue weighted by Crippen LogP contribution is -2.14. The van der Waals surface area contributed by atoms with Crippen molar-refractivity contribution in [2.45, 2.75) is 6.92 Å². The third-order valence-corrected chi connectivity index (χ3v) is 2.99. The van der Waals surface area contributed by atoms with Gasteiger partial charge in [0.15, 0.2) is 0 Å². The molecule has 0 aliphatic heterocycles. The van der Waals surface area contributed by atoms with E-state index in [9.17, 15) is 13.6 Å². The van der Waals surface area contributed by atoms with Crippen LogP contribution in [0.3, 0.4) is 0 Å². The summed E-state index contributed by atoms with van der Waals surface area (Å²) >= 11 is 5.93. The topological polar surface area (TPSA) is 46.9 Å². The second-order valence-electron chi connectivity index (χ2n) is 3.95. The molecule has 0 radical (unpaired) electrons. The molecule has 2 aromatic rings. The Kier molecular flexibility index (Phi) is 3.53. The third kappa shape index (κ3) is 2.58. The van der Waals surface area contributed by atoms with E-state index in [-0.39, 0.29) is 16.4 Å². The fourth-order valence-electron chi connectivity index (χ4n) is 1.66. The summed E-state index contributed by atoms with van der Waals surface area (Å²) in [6, 6.07) is 2.88. The monoisotopic (exact) mass is 285 g/mol. The Bertz CT molecular complexity index is 655. The van der Waals surface area contributed by atoms with Crippen LogP contribution in [0, 0.1) is 18.6 Å². The summed E-state index contributed by atoms with van der Waals surface area (Å²) < 4.78 is 27.5. The second kappa shape index (κ2) is 4.97. The smallest absolute Gasteiger partial charge is 0.260 e. The van der Waals surface area contributed by atoms with Crippen molar-refractivity contribution >= 4 is 23.2 Å². The summed E-state index contributed by atoms with van der Waals surface area (Å²) in [5.74, 6) is -2.17. The SMILES string of the molecule is Cc1nn(C)c(Cl)c1C(=O)Nc1ccc(F)cc1F. The Labute approximate surface area is 113 Å². The summed E-state index contributed by atoms with van der Waals surface area (Å²) in [5.41, 5.74) is 0.464. The lowest BCUT2D eigenvalue weighted by molar-refractivity contribution is 0.102. The number of halogens is 3. The van der Waals surface area contributed by atoms with E-state index >= 15 is 0 Å². The van der Waals surface area contributed by atoms with Gasteiger partial charge in [-0.1, -0.05) is 11.6 Å². The van der Waals surface area contributed by atoms with Crippen molar-refractivity contribution in [3.05, 3.63) is 46.2 Å². The number of nitrogens with one attached hydrogen (secondary N) is 1. The van der Waals surface area contributed by atoms with E-state index in [1.807, 2.05) is 0 Å². The molecule has 2 rings (SSSR count). The van der Waals surface area contributed by atoms with Crippen LogP contribution in [0.1, 0.15) is 16.1 Å². The van der Waals surface area contributed by atoms with Crippen LogP contribution in [0.2, 0.25) is 5.15 Å². The molecular weight excluding hydrogens is 276 g/mol. The Hall–Kier alpha value is -1.95.